The summed E-state index contributed by atoms with van der Waals surface area (Å²) in [6.07, 6.45) is 0. The third kappa shape index (κ3) is 4.97. The summed E-state index contributed by atoms with van der Waals surface area (Å²) in [5.41, 5.74) is 7.00. The zero-order chi connectivity index (χ0) is 34.1. The normalized spacial score (nSPS) is 11.1. The lowest BCUT2D eigenvalue weighted by Crippen LogP contribution is -2.74. The molecule has 0 aliphatic heterocycles. The zero-order valence-corrected chi connectivity index (χ0v) is 28.0. The van der Waals surface area contributed by atoms with Crippen LogP contribution in [0.2, 0.25) is 0 Å². The molecular formula is C45H28N4Si. The molecule has 0 bridgehead atoms. The molecule has 0 unspecified atom stereocenters. The predicted octanol–water partition coefficient (Wildman–Crippen LogP) is 8.80. The maximum absolute atomic E-state index is 9.60. The highest BCUT2D eigenvalue weighted by atomic mass is 28.3. The van der Waals surface area contributed by atoms with Gasteiger partial charge in [-0.3, -0.25) is 0 Å². The van der Waals surface area contributed by atoms with Crippen molar-refractivity contribution in [3.63, 3.8) is 0 Å². The monoisotopic (exact) mass is 652 g/mol. The quantitative estimate of drug-likeness (QED) is 0.101. The Hall–Kier alpha value is -6.97. The summed E-state index contributed by atoms with van der Waals surface area (Å²) < 4.78 is 2.20. The van der Waals surface area contributed by atoms with Gasteiger partial charge in [0.15, 0.2) is 19.4 Å². The van der Waals surface area contributed by atoms with E-state index in [2.05, 4.69) is 142 Å². The van der Waals surface area contributed by atoms with E-state index in [1.165, 1.54) is 20.7 Å². The van der Waals surface area contributed by atoms with E-state index in [-0.39, 0.29) is 0 Å². The van der Waals surface area contributed by atoms with Crippen LogP contribution in [0.25, 0.3) is 48.3 Å². The van der Waals surface area contributed by atoms with Crippen LogP contribution in [-0.4, -0.2) is 12.6 Å². The number of fused-ring (bicyclic) bond motifs is 3. The van der Waals surface area contributed by atoms with Crippen LogP contribution in [0.5, 0.6) is 0 Å². The first kappa shape index (κ1) is 30.4. The fraction of sp³-hybridized carbons (Fsp3) is 0. The Morgan fingerprint density at radius 2 is 1.04 bits per heavy atom. The minimum absolute atomic E-state index is 0.571. The van der Waals surface area contributed by atoms with Crippen molar-refractivity contribution in [2.45, 2.75) is 0 Å². The van der Waals surface area contributed by atoms with Crippen molar-refractivity contribution < 1.29 is 0 Å². The smallest absolute Gasteiger partial charge is 0.188 e. The Morgan fingerprint density at radius 1 is 0.480 bits per heavy atom. The Bertz CT molecular complexity index is 2540. The molecule has 0 aliphatic rings. The maximum Gasteiger partial charge on any atom is 0.188 e. The summed E-state index contributed by atoms with van der Waals surface area (Å²) in [5, 5.41) is 16.6. The van der Waals surface area contributed by atoms with E-state index in [1.54, 1.807) is 0 Å². The molecule has 8 rings (SSSR count). The van der Waals surface area contributed by atoms with Crippen LogP contribution < -0.4 is 20.7 Å². The first-order chi connectivity index (χ1) is 24.6. The maximum atomic E-state index is 9.60. The number of hydrogen-bond donors (Lipinski definition) is 0. The lowest BCUT2D eigenvalue weighted by Gasteiger charge is -2.34. The average Bonchev–Trinajstić information content (AvgIpc) is 3.52. The molecule has 0 fully saturated rings. The van der Waals surface area contributed by atoms with Gasteiger partial charge in [-0.15, -0.1) is 0 Å². The minimum atomic E-state index is -2.78. The van der Waals surface area contributed by atoms with Crippen molar-refractivity contribution in [3.05, 3.63) is 198 Å². The second-order valence-electron chi connectivity index (χ2n) is 12.3. The van der Waals surface area contributed by atoms with Gasteiger partial charge < -0.3 is 4.57 Å². The number of nitriles is 1. The van der Waals surface area contributed by atoms with Crippen molar-refractivity contribution >= 4 is 62.0 Å². The molecule has 232 valence electrons. The molecule has 0 radical (unpaired) electrons. The average molecular weight is 653 g/mol. The Balaban J connectivity index is 1.29. The molecule has 0 atom stereocenters. The largest absolute Gasteiger partial charge is 0.309 e. The third-order valence-electron chi connectivity index (χ3n) is 9.60. The zero-order valence-electron chi connectivity index (χ0n) is 27.0. The van der Waals surface area contributed by atoms with Crippen molar-refractivity contribution in [1.29, 1.82) is 5.26 Å². The fourth-order valence-corrected chi connectivity index (χ4v) is 12.1. The summed E-state index contributed by atoms with van der Waals surface area (Å²) >= 11 is 0. The molecule has 0 saturated carbocycles. The molecule has 7 aromatic carbocycles. The van der Waals surface area contributed by atoms with Gasteiger partial charge in [0.1, 0.15) is 0 Å². The van der Waals surface area contributed by atoms with Crippen molar-refractivity contribution in [3.8, 4) is 22.9 Å². The second-order valence-corrected chi connectivity index (χ2v) is 16.1. The van der Waals surface area contributed by atoms with Crippen LogP contribution >= 0.6 is 0 Å². The van der Waals surface area contributed by atoms with E-state index in [0.29, 0.717) is 16.9 Å². The van der Waals surface area contributed by atoms with E-state index in [9.17, 15) is 5.26 Å². The molecule has 0 aliphatic carbocycles. The van der Waals surface area contributed by atoms with Gasteiger partial charge >= 0.3 is 0 Å². The van der Waals surface area contributed by atoms with Crippen molar-refractivity contribution in [2.75, 3.05) is 0 Å². The number of hydrogen-bond acceptors (Lipinski definition) is 1. The molecule has 1 aromatic heterocycles. The van der Waals surface area contributed by atoms with Crippen molar-refractivity contribution in [2.24, 2.45) is 0 Å². The first-order valence-electron chi connectivity index (χ1n) is 16.3. The molecule has 5 heteroatoms. The second kappa shape index (κ2) is 12.6. The lowest BCUT2D eigenvalue weighted by molar-refractivity contribution is 1.18. The molecule has 4 nitrogen and oxygen atoms in total. The van der Waals surface area contributed by atoms with Gasteiger partial charge in [0.05, 0.1) is 35.8 Å². The highest BCUT2D eigenvalue weighted by Gasteiger charge is 2.41. The van der Waals surface area contributed by atoms with Gasteiger partial charge in [-0.05, 0) is 79.7 Å². The summed E-state index contributed by atoms with van der Waals surface area (Å²) in [7, 11) is -2.78. The number of nitrogens with zero attached hydrogens (tertiary/aromatic N) is 4. The molecule has 8 aromatic rings. The van der Waals surface area contributed by atoms with E-state index < -0.39 is 8.07 Å². The molecule has 50 heavy (non-hydrogen) atoms. The lowest BCUT2D eigenvalue weighted by atomic mass is 10.1. The Kier molecular flexibility index (Phi) is 7.63. The van der Waals surface area contributed by atoms with Gasteiger partial charge in [0.25, 0.3) is 0 Å². The summed E-state index contributed by atoms with van der Waals surface area (Å²) in [6.45, 7) is 15.1. The summed E-state index contributed by atoms with van der Waals surface area (Å²) in [4.78, 5) is 7.33. The van der Waals surface area contributed by atoms with Crippen molar-refractivity contribution in [1.82, 2.24) is 4.57 Å². The van der Waals surface area contributed by atoms with E-state index >= 15 is 0 Å². The molecule has 0 amide bonds. The summed E-state index contributed by atoms with van der Waals surface area (Å²) in [5.74, 6) is 0. The van der Waals surface area contributed by atoms with Gasteiger partial charge in [0.2, 0.25) is 0 Å². The van der Waals surface area contributed by atoms with Gasteiger partial charge in [-0.1, -0.05) is 127 Å². The van der Waals surface area contributed by atoms with Crippen LogP contribution in [-0.2, 0) is 0 Å². The van der Waals surface area contributed by atoms with Crippen LogP contribution in [0.4, 0.5) is 11.4 Å². The van der Waals surface area contributed by atoms with E-state index in [4.69, 9.17) is 13.1 Å². The topological polar surface area (TPSA) is 37.4 Å². The molecule has 0 N–H and O–H groups in total. The van der Waals surface area contributed by atoms with E-state index in [0.717, 1.165) is 38.6 Å². The first-order valence-corrected chi connectivity index (χ1v) is 18.3. The standard InChI is InChI=1S/C45H28N4Si/c1-47-35-19-24-40(25-20-35)50(38-11-5-3-6-12-38,39-13-7-4-8-14-39)41-15-9-10-34(29-41)33-17-22-37(23-18-33)49-44-26-16-32(31-46)28-42(44)43-30-36(48-2)21-27-45(43)49/h3-30H. The summed E-state index contributed by atoms with van der Waals surface area (Å²) in [6, 6.07) is 61.1. The number of benzene rings is 7. The third-order valence-corrected chi connectivity index (χ3v) is 14.4. The Morgan fingerprint density at radius 3 is 1.66 bits per heavy atom. The molecule has 0 spiro atoms. The number of rotatable bonds is 6. The van der Waals surface area contributed by atoms with Crippen LogP contribution in [0, 0.1) is 24.5 Å². The number of aromatic nitrogens is 1. The predicted molar refractivity (Wildman–Crippen MR) is 207 cm³/mol. The van der Waals surface area contributed by atoms with E-state index in [1.807, 2.05) is 48.5 Å². The van der Waals surface area contributed by atoms with Gasteiger partial charge in [0, 0.05) is 11.1 Å². The molecular weight excluding hydrogens is 625 g/mol. The van der Waals surface area contributed by atoms with Crippen LogP contribution in [0.3, 0.4) is 0 Å². The highest BCUT2D eigenvalue weighted by molar-refractivity contribution is 7.19. The highest BCUT2D eigenvalue weighted by Crippen LogP contribution is 2.35. The van der Waals surface area contributed by atoms with Crippen LogP contribution in [0.15, 0.2) is 170 Å². The minimum Gasteiger partial charge on any atom is -0.309 e. The van der Waals surface area contributed by atoms with Crippen LogP contribution in [0.1, 0.15) is 5.56 Å². The van der Waals surface area contributed by atoms with Gasteiger partial charge in [-0.25, -0.2) is 9.69 Å². The molecule has 1 heterocycles. The Labute approximate surface area is 292 Å². The molecule has 0 saturated heterocycles. The fourth-order valence-electron chi connectivity index (χ4n) is 7.33. The van der Waals surface area contributed by atoms with Gasteiger partial charge in [-0.2, -0.15) is 5.26 Å². The SMILES string of the molecule is [C-]#[N+]c1ccc([Si](c2ccccc2)(c2ccccc2)c2cccc(-c3ccc(-n4c5ccc(C#N)cc5c5cc([N+]#[C-])ccc54)cc3)c2)cc1.